The number of aryl methyl sites for hydroxylation is 2. The second-order valence-corrected chi connectivity index (χ2v) is 8.28. The number of esters is 1. The normalized spacial score (nSPS) is 10.1. The van der Waals surface area contributed by atoms with E-state index in [1.165, 1.54) is 0 Å². The second kappa shape index (κ2) is 14.5. The zero-order valence-corrected chi connectivity index (χ0v) is 20.6. The Morgan fingerprint density at radius 3 is 2.23 bits per heavy atom. The van der Waals surface area contributed by atoms with Crippen LogP contribution in [0.5, 0.6) is 0 Å². The molecule has 9 nitrogen and oxygen atoms in total. The van der Waals surface area contributed by atoms with E-state index in [0.717, 1.165) is 16.7 Å². The van der Waals surface area contributed by atoms with E-state index in [1.54, 1.807) is 0 Å². The summed E-state index contributed by atoms with van der Waals surface area (Å²) in [5, 5.41) is 5.00. The lowest BCUT2D eigenvalue weighted by Crippen LogP contribution is -2.48. The van der Waals surface area contributed by atoms with Crippen molar-refractivity contribution in [2.75, 3.05) is 11.9 Å². The number of hydrazine groups is 1. The van der Waals surface area contributed by atoms with Crippen molar-refractivity contribution < 1.29 is 23.9 Å². The minimum atomic E-state index is -0.496. The van der Waals surface area contributed by atoms with Gasteiger partial charge in [0.15, 0.2) is 5.11 Å². The van der Waals surface area contributed by atoms with Gasteiger partial charge in [0.1, 0.15) is 0 Å². The molecule has 0 heterocycles. The molecule has 0 aliphatic carbocycles. The average Bonchev–Trinajstić information content (AvgIpc) is 2.82. The number of carbonyl (C=O) groups excluding carboxylic acids is 4. The quantitative estimate of drug-likeness (QED) is 0.225. The van der Waals surface area contributed by atoms with Crippen LogP contribution in [-0.4, -0.2) is 35.4 Å². The molecule has 2 aromatic rings. The molecular weight excluding hydrogens is 468 g/mol. The average molecular weight is 499 g/mol. The molecular formula is C25H30N4O5S. The van der Waals surface area contributed by atoms with E-state index >= 15 is 0 Å². The van der Waals surface area contributed by atoms with Gasteiger partial charge in [0.05, 0.1) is 13.0 Å². The van der Waals surface area contributed by atoms with Crippen LogP contribution in [0.3, 0.4) is 0 Å². The Morgan fingerprint density at radius 2 is 1.51 bits per heavy atom. The molecule has 0 fully saturated rings. The van der Waals surface area contributed by atoms with Crippen molar-refractivity contribution in [3.8, 4) is 0 Å². The number of rotatable bonds is 10. The van der Waals surface area contributed by atoms with Gasteiger partial charge in [0.25, 0.3) is 0 Å². The maximum atomic E-state index is 12.1. The maximum absolute atomic E-state index is 12.1. The SMILES string of the molecule is Cc1ccc(NC(=O)CCC(=O)NNC(=S)NC(=O)CCC(=O)OCCc2ccccc2)c(C)c1. The lowest BCUT2D eigenvalue weighted by Gasteiger charge is -2.11. The standard InChI is InChI=1S/C25H30N4O5S/c1-17-8-9-20(18(2)16-17)26-21(30)10-11-23(32)28-29-25(35)27-22(31)12-13-24(33)34-15-14-19-6-4-3-5-7-19/h3-9,16H,10-15H2,1-2H3,(H,26,30)(H,28,32)(H2,27,29,31,35). The number of amides is 3. The molecule has 2 aromatic carbocycles. The largest absolute Gasteiger partial charge is 0.465 e. The van der Waals surface area contributed by atoms with Crippen molar-refractivity contribution >= 4 is 46.7 Å². The Kier molecular flexibility index (Phi) is 11.3. The molecule has 0 atom stereocenters. The van der Waals surface area contributed by atoms with Gasteiger partial charge in [-0.1, -0.05) is 48.0 Å². The van der Waals surface area contributed by atoms with E-state index in [-0.39, 0.29) is 43.3 Å². The molecule has 0 aliphatic rings. The van der Waals surface area contributed by atoms with Crippen LogP contribution in [0.4, 0.5) is 5.69 Å². The molecule has 186 valence electrons. The van der Waals surface area contributed by atoms with E-state index in [1.807, 2.05) is 62.4 Å². The fourth-order valence-corrected chi connectivity index (χ4v) is 3.18. The Balaban J connectivity index is 1.56. The summed E-state index contributed by atoms with van der Waals surface area (Å²) < 4.78 is 5.12. The predicted octanol–water partition coefficient (Wildman–Crippen LogP) is 2.61. The van der Waals surface area contributed by atoms with Crippen LogP contribution >= 0.6 is 12.2 Å². The van der Waals surface area contributed by atoms with E-state index < -0.39 is 17.8 Å². The van der Waals surface area contributed by atoms with Gasteiger partial charge < -0.3 is 15.4 Å². The van der Waals surface area contributed by atoms with E-state index in [4.69, 9.17) is 17.0 Å². The number of hydrogen-bond acceptors (Lipinski definition) is 6. The van der Waals surface area contributed by atoms with Gasteiger partial charge in [-0.25, -0.2) is 0 Å². The van der Waals surface area contributed by atoms with Gasteiger partial charge in [0, 0.05) is 31.4 Å². The summed E-state index contributed by atoms with van der Waals surface area (Å²) in [6.45, 7) is 4.09. The molecule has 4 N–H and O–H groups in total. The number of nitrogens with one attached hydrogen (secondary N) is 4. The van der Waals surface area contributed by atoms with Crippen LogP contribution in [0.2, 0.25) is 0 Å². The number of anilines is 1. The molecule has 0 radical (unpaired) electrons. The molecule has 0 bridgehead atoms. The predicted molar refractivity (Wildman–Crippen MR) is 136 cm³/mol. The van der Waals surface area contributed by atoms with E-state index in [9.17, 15) is 19.2 Å². The van der Waals surface area contributed by atoms with Gasteiger partial charge in [0.2, 0.25) is 17.7 Å². The van der Waals surface area contributed by atoms with E-state index in [2.05, 4.69) is 21.5 Å². The Hall–Kier alpha value is -3.79. The Bertz CT molecular complexity index is 1060. The number of thiocarbonyl (C=S) groups is 1. The van der Waals surface area contributed by atoms with Gasteiger partial charge in [-0.05, 0) is 43.3 Å². The van der Waals surface area contributed by atoms with E-state index in [0.29, 0.717) is 12.1 Å². The fourth-order valence-electron chi connectivity index (χ4n) is 3.02. The number of carbonyl (C=O) groups is 4. The lowest BCUT2D eigenvalue weighted by atomic mass is 10.1. The first kappa shape index (κ1) is 27.5. The van der Waals surface area contributed by atoms with Crippen LogP contribution in [0.25, 0.3) is 0 Å². The molecule has 0 spiro atoms. The maximum Gasteiger partial charge on any atom is 0.306 e. The molecule has 0 saturated carbocycles. The second-order valence-electron chi connectivity index (χ2n) is 7.87. The van der Waals surface area contributed by atoms with Crippen molar-refractivity contribution in [2.24, 2.45) is 0 Å². The summed E-state index contributed by atoms with van der Waals surface area (Å²) in [5.41, 5.74) is 8.49. The highest BCUT2D eigenvalue weighted by Crippen LogP contribution is 2.16. The molecule has 0 unspecified atom stereocenters. The van der Waals surface area contributed by atoms with Crippen molar-refractivity contribution in [3.63, 3.8) is 0 Å². The molecule has 0 saturated heterocycles. The van der Waals surface area contributed by atoms with Crippen LogP contribution in [0, 0.1) is 13.8 Å². The van der Waals surface area contributed by atoms with Crippen LogP contribution in [-0.2, 0) is 30.3 Å². The molecule has 35 heavy (non-hydrogen) atoms. The summed E-state index contributed by atoms with van der Waals surface area (Å²) in [7, 11) is 0. The fraction of sp³-hybridized carbons (Fsp3) is 0.320. The summed E-state index contributed by atoms with van der Waals surface area (Å²) >= 11 is 4.95. The van der Waals surface area contributed by atoms with Crippen LogP contribution < -0.4 is 21.5 Å². The molecule has 10 heteroatoms. The number of benzene rings is 2. The molecule has 0 aromatic heterocycles. The van der Waals surface area contributed by atoms with Gasteiger partial charge in [-0.2, -0.15) is 0 Å². The highest BCUT2D eigenvalue weighted by molar-refractivity contribution is 7.80. The first-order valence-corrected chi connectivity index (χ1v) is 11.6. The van der Waals surface area contributed by atoms with Crippen molar-refractivity contribution in [2.45, 2.75) is 46.0 Å². The van der Waals surface area contributed by atoms with Gasteiger partial charge >= 0.3 is 5.97 Å². The third-order valence-electron chi connectivity index (χ3n) is 4.86. The topological polar surface area (TPSA) is 126 Å². The highest BCUT2D eigenvalue weighted by Gasteiger charge is 2.12. The van der Waals surface area contributed by atoms with Gasteiger partial charge in [-0.3, -0.25) is 30.0 Å². The Morgan fingerprint density at radius 1 is 0.829 bits per heavy atom. The summed E-state index contributed by atoms with van der Waals surface area (Å²) in [6, 6.07) is 15.3. The Labute approximate surface area is 210 Å². The van der Waals surface area contributed by atoms with Gasteiger partial charge in [-0.15, -0.1) is 0 Å². The number of hydrogen-bond donors (Lipinski definition) is 4. The smallest absolute Gasteiger partial charge is 0.306 e. The van der Waals surface area contributed by atoms with Crippen molar-refractivity contribution in [3.05, 3.63) is 65.2 Å². The minimum Gasteiger partial charge on any atom is -0.465 e. The van der Waals surface area contributed by atoms with Crippen LogP contribution in [0.1, 0.15) is 42.4 Å². The molecule has 3 amide bonds. The monoisotopic (exact) mass is 498 g/mol. The van der Waals surface area contributed by atoms with Crippen LogP contribution in [0.15, 0.2) is 48.5 Å². The first-order valence-electron chi connectivity index (χ1n) is 11.2. The third-order valence-corrected chi connectivity index (χ3v) is 5.06. The minimum absolute atomic E-state index is 0.0215. The molecule has 0 aliphatic heterocycles. The highest BCUT2D eigenvalue weighted by atomic mass is 32.1. The number of ether oxygens (including phenoxy) is 1. The van der Waals surface area contributed by atoms with Crippen molar-refractivity contribution in [1.82, 2.24) is 16.2 Å². The third kappa shape index (κ3) is 11.3. The summed E-state index contributed by atoms with van der Waals surface area (Å²) in [6.07, 6.45) is 0.297. The summed E-state index contributed by atoms with van der Waals surface area (Å²) in [4.78, 5) is 47.7. The van der Waals surface area contributed by atoms with Crippen molar-refractivity contribution in [1.29, 1.82) is 0 Å². The first-order chi connectivity index (χ1) is 16.7. The molecule has 2 rings (SSSR count). The summed E-state index contributed by atoms with van der Waals surface area (Å²) in [5.74, 6) is -1.75. The zero-order valence-electron chi connectivity index (χ0n) is 19.8. The zero-order chi connectivity index (χ0) is 25.6. The lowest BCUT2D eigenvalue weighted by molar-refractivity contribution is -0.144.